The zero-order chi connectivity index (χ0) is 12.8. The molecule has 1 saturated carbocycles. The Morgan fingerprint density at radius 3 is 2.67 bits per heavy atom. The van der Waals surface area contributed by atoms with Crippen LogP contribution in [0.4, 0.5) is 4.79 Å². The summed E-state index contributed by atoms with van der Waals surface area (Å²) >= 11 is 0. The van der Waals surface area contributed by atoms with Gasteiger partial charge in [-0.1, -0.05) is 30.3 Å². The van der Waals surface area contributed by atoms with Crippen molar-refractivity contribution in [3.05, 3.63) is 35.9 Å². The molecule has 18 heavy (non-hydrogen) atoms. The van der Waals surface area contributed by atoms with E-state index in [9.17, 15) is 4.79 Å². The molecule has 0 saturated heterocycles. The fourth-order valence-corrected chi connectivity index (χ4v) is 1.87. The number of hydrogen-bond acceptors (Lipinski definition) is 3. The molecule has 1 aromatic rings. The van der Waals surface area contributed by atoms with Crippen LogP contribution in [-0.4, -0.2) is 17.5 Å². The lowest BCUT2D eigenvalue weighted by Crippen LogP contribution is -2.19. The monoisotopic (exact) mass is 244 g/mol. The van der Waals surface area contributed by atoms with Crippen molar-refractivity contribution in [2.75, 3.05) is 0 Å². The first-order valence-corrected chi connectivity index (χ1v) is 6.12. The third kappa shape index (κ3) is 3.52. The first kappa shape index (κ1) is 12.5. The van der Waals surface area contributed by atoms with E-state index in [4.69, 9.17) is 10.1 Å². The summed E-state index contributed by atoms with van der Waals surface area (Å²) in [6.07, 6.45) is 2.83. The molecule has 0 spiro atoms. The maximum Gasteiger partial charge on any atom is 0.434 e. The lowest BCUT2D eigenvalue weighted by atomic mass is 9.96. The standard InChI is InChI=1S/C14H16N2O2/c15-12-8-4-5-9-13(12)16-14(17)18-10-11-6-2-1-3-7-11/h1-3,6-7,15H,4-5,8-10H2/b15-12?,16-13+. The fourth-order valence-electron chi connectivity index (χ4n) is 1.87. The van der Waals surface area contributed by atoms with E-state index in [0.29, 0.717) is 24.3 Å². The molecule has 0 unspecified atom stereocenters. The van der Waals surface area contributed by atoms with Crippen molar-refractivity contribution in [1.82, 2.24) is 0 Å². The largest absolute Gasteiger partial charge is 0.443 e. The SMILES string of the molecule is N=C1CCCC/C1=N\C(=O)OCc1ccccc1. The van der Waals surface area contributed by atoms with Gasteiger partial charge in [-0.25, -0.2) is 4.79 Å². The summed E-state index contributed by atoms with van der Waals surface area (Å²) in [5, 5.41) is 7.70. The van der Waals surface area contributed by atoms with Crippen LogP contribution in [-0.2, 0) is 11.3 Å². The van der Waals surface area contributed by atoms with E-state index in [1.807, 2.05) is 30.3 Å². The third-order valence-corrected chi connectivity index (χ3v) is 2.87. The molecule has 1 amide bonds. The van der Waals surface area contributed by atoms with E-state index in [1.54, 1.807) is 0 Å². The van der Waals surface area contributed by atoms with Gasteiger partial charge < -0.3 is 10.1 Å². The minimum atomic E-state index is -0.597. The van der Waals surface area contributed by atoms with Gasteiger partial charge in [0.25, 0.3) is 0 Å². The number of carbonyl (C=O) groups excluding carboxylic acids is 1. The molecule has 1 N–H and O–H groups in total. The van der Waals surface area contributed by atoms with Gasteiger partial charge in [0.15, 0.2) is 0 Å². The van der Waals surface area contributed by atoms with Crippen molar-refractivity contribution < 1.29 is 9.53 Å². The van der Waals surface area contributed by atoms with Gasteiger partial charge in [-0.15, -0.1) is 0 Å². The van der Waals surface area contributed by atoms with Crippen molar-refractivity contribution in [1.29, 1.82) is 5.41 Å². The average molecular weight is 244 g/mol. The highest BCUT2D eigenvalue weighted by Gasteiger charge is 2.15. The van der Waals surface area contributed by atoms with Crippen molar-refractivity contribution in [2.45, 2.75) is 32.3 Å². The van der Waals surface area contributed by atoms with Crippen LogP contribution in [0.3, 0.4) is 0 Å². The van der Waals surface area contributed by atoms with Crippen molar-refractivity contribution >= 4 is 17.5 Å². The second-order valence-electron chi connectivity index (χ2n) is 4.28. The van der Waals surface area contributed by atoms with Crippen LogP contribution in [0.5, 0.6) is 0 Å². The summed E-state index contributed by atoms with van der Waals surface area (Å²) in [6, 6.07) is 9.48. The van der Waals surface area contributed by atoms with Gasteiger partial charge in [0.1, 0.15) is 6.61 Å². The lowest BCUT2D eigenvalue weighted by molar-refractivity contribution is 0.151. The van der Waals surface area contributed by atoms with E-state index < -0.39 is 6.09 Å². The quantitative estimate of drug-likeness (QED) is 0.867. The predicted molar refractivity (Wildman–Crippen MR) is 70.3 cm³/mol. The molecule has 0 heterocycles. The zero-order valence-corrected chi connectivity index (χ0v) is 10.2. The maximum atomic E-state index is 11.5. The molecule has 0 atom stereocenters. The summed E-state index contributed by atoms with van der Waals surface area (Å²) in [5.74, 6) is 0. The van der Waals surface area contributed by atoms with Crippen LogP contribution in [0, 0.1) is 5.41 Å². The third-order valence-electron chi connectivity index (χ3n) is 2.87. The summed E-state index contributed by atoms with van der Waals surface area (Å²) in [6.45, 7) is 0.226. The van der Waals surface area contributed by atoms with E-state index in [1.165, 1.54) is 0 Å². The Labute approximate surface area is 106 Å². The molecule has 1 aromatic carbocycles. The molecule has 0 bridgehead atoms. The van der Waals surface area contributed by atoms with Crippen LogP contribution in [0.1, 0.15) is 31.2 Å². The summed E-state index contributed by atoms with van der Waals surface area (Å²) in [5.41, 5.74) is 1.99. The Kier molecular flexibility index (Phi) is 4.23. The number of carbonyl (C=O) groups is 1. The van der Waals surface area contributed by atoms with Crippen LogP contribution >= 0.6 is 0 Å². The number of hydrogen-bond donors (Lipinski definition) is 1. The number of benzene rings is 1. The zero-order valence-electron chi connectivity index (χ0n) is 10.2. The Balaban J connectivity index is 1.88. The molecule has 4 heteroatoms. The number of amides is 1. The number of ether oxygens (including phenoxy) is 1. The number of rotatable bonds is 2. The molecule has 0 aromatic heterocycles. The Morgan fingerprint density at radius 2 is 1.94 bits per heavy atom. The highest BCUT2D eigenvalue weighted by Crippen LogP contribution is 2.13. The molecular formula is C14H16N2O2. The van der Waals surface area contributed by atoms with Gasteiger partial charge in [0, 0.05) is 0 Å². The number of nitrogens with one attached hydrogen (secondary N) is 1. The molecular weight excluding hydrogens is 228 g/mol. The Bertz CT molecular complexity index is 466. The average Bonchev–Trinajstić information content (AvgIpc) is 2.40. The van der Waals surface area contributed by atoms with Gasteiger partial charge in [0.2, 0.25) is 0 Å². The van der Waals surface area contributed by atoms with Crippen LogP contribution in [0.2, 0.25) is 0 Å². The van der Waals surface area contributed by atoms with E-state index in [2.05, 4.69) is 4.99 Å². The van der Waals surface area contributed by atoms with Crippen molar-refractivity contribution in [2.24, 2.45) is 4.99 Å². The van der Waals surface area contributed by atoms with Crippen LogP contribution in [0.25, 0.3) is 0 Å². The summed E-state index contributed by atoms with van der Waals surface area (Å²) in [7, 11) is 0. The highest BCUT2D eigenvalue weighted by molar-refractivity contribution is 6.42. The molecule has 4 nitrogen and oxygen atoms in total. The second-order valence-corrected chi connectivity index (χ2v) is 4.28. The minimum Gasteiger partial charge on any atom is -0.443 e. The van der Waals surface area contributed by atoms with Crippen molar-refractivity contribution in [3.8, 4) is 0 Å². The van der Waals surface area contributed by atoms with E-state index in [-0.39, 0.29) is 6.61 Å². The Morgan fingerprint density at radius 1 is 1.22 bits per heavy atom. The highest BCUT2D eigenvalue weighted by atomic mass is 16.5. The molecule has 2 rings (SSSR count). The molecule has 1 aliphatic rings. The van der Waals surface area contributed by atoms with Gasteiger partial charge >= 0.3 is 6.09 Å². The minimum absolute atomic E-state index is 0.226. The Hall–Kier alpha value is -1.97. The smallest absolute Gasteiger partial charge is 0.434 e. The van der Waals surface area contributed by atoms with Crippen molar-refractivity contribution in [3.63, 3.8) is 0 Å². The fraction of sp³-hybridized carbons (Fsp3) is 0.357. The van der Waals surface area contributed by atoms with Crippen LogP contribution in [0.15, 0.2) is 35.3 Å². The number of nitrogens with zero attached hydrogens (tertiary/aromatic N) is 1. The topological polar surface area (TPSA) is 62.5 Å². The molecule has 0 radical (unpaired) electrons. The summed E-state index contributed by atoms with van der Waals surface area (Å²) in [4.78, 5) is 15.4. The van der Waals surface area contributed by atoms with E-state index in [0.717, 1.165) is 18.4 Å². The van der Waals surface area contributed by atoms with Crippen LogP contribution < -0.4 is 0 Å². The normalized spacial score (nSPS) is 17.8. The number of aliphatic imine (C=N–C) groups is 1. The van der Waals surface area contributed by atoms with Gasteiger partial charge in [0.05, 0.1) is 11.4 Å². The first-order valence-electron chi connectivity index (χ1n) is 6.12. The molecule has 0 aliphatic heterocycles. The van der Waals surface area contributed by atoms with E-state index >= 15 is 0 Å². The van der Waals surface area contributed by atoms with Gasteiger partial charge in [-0.2, -0.15) is 4.99 Å². The predicted octanol–water partition coefficient (Wildman–Crippen LogP) is 3.36. The maximum absolute atomic E-state index is 11.5. The summed E-state index contributed by atoms with van der Waals surface area (Å²) < 4.78 is 5.06. The first-order chi connectivity index (χ1) is 8.75. The molecule has 1 aliphatic carbocycles. The second kappa shape index (κ2) is 6.10. The van der Waals surface area contributed by atoms with Gasteiger partial charge in [-0.3, -0.25) is 0 Å². The lowest BCUT2D eigenvalue weighted by Gasteiger charge is -2.13. The molecule has 94 valence electrons. The molecule has 1 fully saturated rings. The van der Waals surface area contributed by atoms with Gasteiger partial charge in [-0.05, 0) is 31.2 Å².